The number of pyridine rings is 1. The largest absolute Gasteiger partial charge is 0.369 e. The minimum atomic E-state index is 0.0281. The highest BCUT2D eigenvalue weighted by Crippen LogP contribution is 2.15. The summed E-state index contributed by atoms with van der Waals surface area (Å²) in [5.41, 5.74) is 2.78. The van der Waals surface area contributed by atoms with E-state index in [0.717, 1.165) is 38.4 Å². The van der Waals surface area contributed by atoms with Crippen LogP contribution >= 0.6 is 0 Å². The molecule has 0 spiro atoms. The molecule has 2 aromatic rings. The first-order chi connectivity index (χ1) is 11.6. The molecule has 0 aliphatic carbocycles. The Morgan fingerprint density at radius 1 is 1.08 bits per heavy atom. The number of rotatable bonds is 4. The molecule has 5 heteroatoms. The number of likely N-dealkylation sites (N-methyl/N-ethyl adjacent to an activating group) is 1. The van der Waals surface area contributed by atoms with Crippen LogP contribution in [0.25, 0.3) is 0 Å². The highest BCUT2D eigenvalue weighted by molar-refractivity contribution is 5.92. The maximum Gasteiger partial charge on any atom is 0.272 e. The van der Waals surface area contributed by atoms with Gasteiger partial charge in [0.05, 0.1) is 11.9 Å². The number of hydrogen-bond donors (Lipinski definition) is 0. The predicted octanol–water partition coefficient (Wildman–Crippen LogP) is 2.11. The maximum atomic E-state index is 12.5. The van der Waals surface area contributed by atoms with Gasteiger partial charge in [-0.15, -0.1) is 0 Å². The Bertz CT molecular complexity index is 664. The van der Waals surface area contributed by atoms with Crippen LogP contribution in [0.5, 0.6) is 0 Å². The molecule has 1 aliphatic heterocycles. The number of amides is 1. The Kier molecular flexibility index (Phi) is 5.11. The number of piperazine rings is 1. The molecule has 24 heavy (non-hydrogen) atoms. The third-order valence-electron chi connectivity index (χ3n) is 4.46. The minimum Gasteiger partial charge on any atom is -0.369 e. The first-order valence-corrected chi connectivity index (χ1v) is 8.32. The zero-order valence-corrected chi connectivity index (χ0v) is 14.4. The van der Waals surface area contributed by atoms with E-state index in [-0.39, 0.29) is 5.91 Å². The van der Waals surface area contributed by atoms with Gasteiger partial charge < -0.3 is 14.7 Å². The van der Waals surface area contributed by atoms with E-state index in [1.807, 2.05) is 42.3 Å². The molecule has 5 nitrogen and oxygen atoms in total. The topological polar surface area (TPSA) is 39.7 Å². The highest BCUT2D eigenvalue weighted by Gasteiger charge is 2.21. The van der Waals surface area contributed by atoms with Crippen LogP contribution in [0.2, 0.25) is 0 Å². The molecule has 1 aromatic heterocycles. The van der Waals surface area contributed by atoms with Gasteiger partial charge in [-0.1, -0.05) is 30.3 Å². The quantitative estimate of drug-likeness (QED) is 0.863. The number of carbonyl (C=O) groups is 1. The molecule has 2 heterocycles. The fourth-order valence-electron chi connectivity index (χ4n) is 2.86. The smallest absolute Gasteiger partial charge is 0.272 e. The van der Waals surface area contributed by atoms with Gasteiger partial charge in [0.2, 0.25) is 0 Å². The van der Waals surface area contributed by atoms with Crippen LogP contribution < -0.4 is 4.90 Å². The lowest BCUT2D eigenvalue weighted by molar-refractivity contribution is 0.0658. The lowest BCUT2D eigenvalue weighted by Gasteiger charge is -2.32. The van der Waals surface area contributed by atoms with Gasteiger partial charge >= 0.3 is 0 Å². The van der Waals surface area contributed by atoms with Crippen molar-refractivity contribution >= 4 is 11.6 Å². The van der Waals surface area contributed by atoms with Crippen molar-refractivity contribution in [1.29, 1.82) is 0 Å². The fourth-order valence-corrected chi connectivity index (χ4v) is 2.86. The van der Waals surface area contributed by atoms with Crippen molar-refractivity contribution < 1.29 is 4.79 Å². The summed E-state index contributed by atoms with van der Waals surface area (Å²) in [5.74, 6) is 0.0281. The van der Waals surface area contributed by atoms with Crippen LogP contribution in [0.15, 0.2) is 48.7 Å². The molecule has 0 radical (unpaired) electrons. The molecular weight excluding hydrogens is 300 g/mol. The second-order valence-electron chi connectivity index (χ2n) is 6.34. The highest BCUT2D eigenvalue weighted by atomic mass is 16.2. The Labute approximate surface area is 143 Å². The van der Waals surface area contributed by atoms with Gasteiger partial charge in [-0.05, 0) is 24.7 Å². The molecular formula is C19H24N4O. The van der Waals surface area contributed by atoms with Gasteiger partial charge in [0.1, 0.15) is 5.69 Å². The van der Waals surface area contributed by atoms with Crippen LogP contribution in [0.3, 0.4) is 0 Å². The number of nitrogens with zero attached hydrogens (tertiary/aromatic N) is 4. The summed E-state index contributed by atoms with van der Waals surface area (Å²) in [6, 6.07) is 14.1. The van der Waals surface area contributed by atoms with E-state index in [4.69, 9.17) is 0 Å². The minimum absolute atomic E-state index is 0.0281. The molecule has 1 amide bonds. The normalized spacial score (nSPS) is 15.3. The average molecular weight is 324 g/mol. The van der Waals surface area contributed by atoms with Crippen molar-refractivity contribution in [2.24, 2.45) is 0 Å². The van der Waals surface area contributed by atoms with Crippen molar-refractivity contribution in [2.75, 3.05) is 45.2 Å². The number of carbonyl (C=O) groups excluding carboxylic acids is 1. The van der Waals surface area contributed by atoms with Crippen LogP contribution in [-0.4, -0.2) is 61.0 Å². The van der Waals surface area contributed by atoms with Gasteiger partial charge in [-0.25, -0.2) is 4.98 Å². The second kappa shape index (κ2) is 7.45. The van der Waals surface area contributed by atoms with Crippen molar-refractivity contribution in [1.82, 2.24) is 14.8 Å². The third kappa shape index (κ3) is 3.92. The fraction of sp³-hybridized carbons (Fsp3) is 0.368. The number of hydrogen-bond acceptors (Lipinski definition) is 4. The van der Waals surface area contributed by atoms with Crippen molar-refractivity contribution in [2.45, 2.75) is 6.54 Å². The Balaban J connectivity index is 1.63. The van der Waals surface area contributed by atoms with Gasteiger partial charge in [0, 0.05) is 39.8 Å². The first-order valence-electron chi connectivity index (χ1n) is 8.32. The molecule has 0 unspecified atom stereocenters. The Hall–Kier alpha value is -2.40. The van der Waals surface area contributed by atoms with E-state index in [1.54, 1.807) is 6.20 Å². The zero-order valence-electron chi connectivity index (χ0n) is 14.4. The average Bonchev–Trinajstić information content (AvgIpc) is 2.63. The molecule has 126 valence electrons. The summed E-state index contributed by atoms with van der Waals surface area (Å²) in [4.78, 5) is 23.1. The van der Waals surface area contributed by atoms with Gasteiger partial charge in [-0.2, -0.15) is 0 Å². The van der Waals surface area contributed by atoms with E-state index in [1.165, 1.54) is 5.56 Å². The SMILES string of the molecule is CN1CCN(C(=O)c2ccc(N(C)Cc3ccccc3)cn2)CC1. The van der Waals surface area contributed by atoms with E-state index in [9.17, 15) is 4.79 Å². The summed E-state index contributed by atoms with van der Waals surface area (Å²) in [5, 5.41) is 0. The summed E-state index contributed by atoms with van der Waals surface area (Å²) in [6.07, 6.45) is 1.78. The van der Waals surface area contributed by atoms with Gasteiger partial charge in [-0.3, -0.25) is 4.79 Å². The van der Waals surface area contributed by atoms with E-state index >= 15 is 0 Å². The molecule has 0 saturated carbocycles. The number of anilines is 1. The standard InChI is InChI=1S/C19H24N4O/c1-21-10-12-23(13-11-21)19(24)18-9-8-17(14-20-18)22(2)15-16-6-4-3-5-7-16/h3-9,14H,10-13,15H2,1-2H3. The molecule has 1 fully saturated rings. The van der Waals surface area contributed by atoms with E-state index < -0.39 is 0 Å². The Morgan fingerprint density at radius 2 is 1.79 bits per heavy atom. The van der Waals surface area contributed by atoms with Crippen LogP contribution in [0, 0.1) is 0 Å². The van der Waals surface area contributed by atoms with Crippen molar-refractivity contribution in [3.63, 3.8) is 0 Å². The summed E-state index contributed by atoms with van der Waals surface area (Å²) in [7, 11) is 4.11. The van der Waals surface area contributed by atoms with Crippen molar-refractivity contribution in [3.8, 4) is 0 Å². The van der Waals surface area contributed by atoms with Gasteiger partial charge in [0.15, 0.2) is 0 Å². The zero-order chi connectivity index (χ0) is 16.9. The summed E-state index contributed by atoms with van der Waals surface area (Å²) < 4.78 is 0. The molecule has 0 atom stereocenters. The Morgan fingerprint density at radius 3 is 2.42 bits per heavy atom. The molecule has 1 aromatic carbocycles. The summed E-state index contributed by atoms with van der Waals surface area (Å²) in [6.45, 7) is 4.20. The second-order valence-corrected chi connectivity index (χ2v) is 6.34. The van der Waals surface area contributed by atoms with Crippen LogP contribution in [0.1, 0.15) is 16.1 Å². The predicted molar refractivity (Wildman–Crippen MR) is 96.2 cm³/mol. The monoisotopic (exact) mass is 324 g/mol. The molecule has 0 N–H and O–H groups in total. The summed E-state index contributed by atoms with van der Waals surface area (Å²) >= 11 is 0. The number of benzene rings is 1. The maximum absolute atomic E-state index is 12.5. The lowest BCUT2D eigenvalue weighted by Crippen LogP contribution is -2.47. The molecule has 1 aliphatic rings. The van der Waals surface area contributed by atoms with Gasteiger partial charge in [0.25, 0.3) is 5.91 Å². The van der Waals surface area contributed by atoms with E-state index in [2.05, 4.69) is 34.0 Å². The molecule has 0 bridgehead atoms. The van der Waals surface area contributed by atoms with Crippen LogP contribution in [-0.2, 0) is 6.54 Å². The van der Waals surface area contributed by atoms with E-state index in [0.29, 0.717) is 5.69 Å². The molecule has 1 saturated heterocycles. The van der Waals surface area contributed by atoms with Crippen molar-refractivity contribution in [3.05, 3.63) is 59.9 Å². The molecule has 3 rings (SSSR count). The third-order valence-corrected chi connectivity index (χ3v) is 4.46. The lowest BCUT2D eigenvalue weighted by atomic mass is 10.2. The number of aromatic nitrogens is 1. The first kappa shape index (κ1) is 16.5. The van der Waals surface area contributed by atoms with Crippen LogP contribution in [0.4, 0.5) is 5.69 Å².